The Morgan fingerprint density at radius 1 is 1.24 bits per heavy atom. The maximum absolute atomic E-state index is 15.9. The van der Waals surface area contributed by atoms with Crippen LogP contribution >= 0.6 is 7.75 Å². The molecule has 2 aromatic heterocycles. The molecule has 4 rings (SSSR count). The van der Waals surface area contributed by atoms with Crippen LogP contribution in [0.4, 0.5) is 10.2 Å². The van der Waals surface area contributed by atoms with Crippen molar-refractivity contribution in [3.05, 3.63) is 48.5 Å². The van der Waals surface area contributed by atoms with Crippen LogP contribution in [-0.4, -0.2) is 67.3 Å². The maximum Gasteiger partial charge on any atom is 0.459 e. The van der Waals surface area contributed by atoms with E-state index in [1.165, 1.54) is 37.8 Å². The molecule has 1 saturated heterocycles. The molecule has 41 heavy (non-hydrogen) atoms. The molecule has 1 unspecified atom stereocenters. The normalized spacial score (nSPS) is 24.7. The number of anilines is 1. The van der Waals surface area contributed by atoms with Gasteiger partial charge in [0.1, 0.15) is 35.9 Å². The van der Waals surface area contributed by atoms with E-state index < -0.39 is 49.8 Å². The van der Waals surface area contributed by atoms with Crippen molar-refractivity contribution in [2.45, 2.75) is 71.1 Å². The SMILES string of the molecule is CC(C)(C)COC(=O)C(C)(C)NP(=O)(OC[C@H]1O[C@@H](c2cnc3c(N)ncnn23)[C@](C)(F)[C@@H]1O)Oc1ccccc1. The number of carbonyl (C=O) groups excluding carboxylic acids is 1. The van der Waals surface area contributed by atoms with Crippen molar-refractivity contribution in [2.24, 2.45) is 5.41 Å². The quantitative estimate of drug-likeness (QED) is 0.231. The van der Waals surface area contributed by atoms with Gasteiger partial charge >= 0.3 is 13.7 Å². The lowest BCUT2D eigenvalue weighted by molar-refractivity contribution is -0.152. The molecule has 3 heterocycles. The van der Waals surface area contributed by atoms with Gasteiger partial charge in [-0.2, -0.15) is 10.2 Å². The van der Waals surface area contributed by atoms with Gasteiger partial charge in [-0.1, -0.05) is 39.0 Å². The van der Waals surface area contributed by atoms with E-state index in [2.05, 4.69) is 20.2 Å². The van der Waals surface area contributed by atoms with Crippen molar-refractivity contribution < 1.29 is 37.4 Å². The second-order valence-electron chi connectivity index (χ2n) is 11.8. The zero-order valence-corrected chi connectivity index (χ0v) is 24.7. The molecule has 13 nitrogen and oxygen atoms in total. The fourth-order valence-electron chi connectivity index (χ4n) is 4.14. The van der Waals surface area contributed by atoms with E-state index in [1.54, 1.807) is 30.3 Å². The number of fused-ring (bicyclic) bond motifs is 1. The number of imidazole rings is 1. The maximum atomic E-state index is 15.9. The van der Waals surface area contributed by atoms with E-state index in [1.807, 2.05) is 20.8 Å². The largest absolute Gasteiger partial charge is 0.464 e. The van der Waals surface area contributed by atoms with Gasteiger partial charge in [0, 0.05) is 0 Å². The van der Waals surface area contributed by atoms with E-state index in [0.717, 1.165) is 0 Å². The fraction of sp³-hybridized carbons (Fsp3) is 0.538. The number of nitrogen functional groups attached to an aromatic ring is 1. The van der Waals surface area contributed by atoms with Crippen molar-refractivity contribution in [3.63, 3.8) is 0 Å². The molecule has 15 heteroatoms. The summed E-state index contributed by atoms with van der Waals surface area (Å²) in [6.45, 7) is 9.38. The minimum atomic E-state index is -4.35. The first-order chi connectivity index (χ1) is 19.0. The lowest BCUT2D eigenvalue weighted by Crippen LogP contribution is -2.48. The second kappa shape index (κ2) is 11.3. The Labute approximate surface area is 237 Å². The summed E-state index contributed by atoms with van der Waals surface area (Å²) in [5, 5.41) is 17.6. The molecule has 0 amide bonds. The second-order valence-corrected chi connectivity index (χ2v) is 13.4. The van der Waals surface area contributed by atoms with Crippen LogP contribution in [0.3, 0.4) is 0 Å². The van der Waals surface area contributed by atoms with Gasteiger partial charge in [0.25, 0.3) is 0 Å². The number of alkyl halides is 1. The third kappa shape index (κ3) is 6.84. The van der Waals surface area contributed by atoms with E-state index in [4.69, 9.17) is 24.3 Å². The molecule has 5 atom stereocenters. The van der Waals surface area contributed by atoms with Crippen LogP contribution in [0.5, 0.6) is 5.75 Å². The number of nitrogens with one attached hydrogen (secondary N) is 1. The van der Waals surface area contributed by atoms with Crippen molar-refractivity contribution in [1.29, 1.82) is 0 Å². The number of benzene rings is 1. The van der Waals surface area contributed by atoms with Crippen LogP contribution in [0.25, 0.3) is 5.65 Å². The zero-order valence-electron chi connectivity index (χ0n) is 23.8. The lowest BCUT2D eigenvalue weighted by Gasteiger charge is -2.31. The van der Waals surface area contributed by atoms with Gasteiger partial charge in [-0.05, 0) is 38.3 Å². The van der Waals surface area contributed by atoms with Gasteiger partial charge in [-0.25, -0.2) is 23.4 Å². The third-order valence-electron chi connectivity index (χ3n) is 6.32. The van der Waals surface area contributed by atoms with Crippen LogP contribution in [0.1, 0.15) is 53.3 Å². The number of aliphatic hydroxyl groups excluding tert-OH is 1. The molecule has 0 radical (unpaired) electrons. The van der Waals surface area contributed by atoms with Crippen molar-refractivity contribution in [1.82, 2.24) is 24.7 Å². The molecule has 0 bridgehead atoms. The molecule has 1 aliphatic rings. The Kier molecular flexibility index (Phi) is 8.45. The number of ether oxygens (including phenoxy) is 2. The highest BCUT2D eigenvalue weighted by Gasteiger charge is 2.56. The lowest BCUT2D eigenvalue weighted by atomic mass is 9.93. The van der Waals surface area contributed by atoms with E-state index in [-0.39, 0.29) is 34.9 Å². The van der Waals surface area contributed by atoms with Crippen LogP contribution in [0, 0.1) is 5.41 Å². The molecular formula is C26H36FN6O7P. The number of para-hydroxylation sites is 1. The smallest absolute Gasteiger partial charge is 0.459 e. The van der Waals surface area contributed by atoms with Crippen LogP contribution in [-0.2, 0) is 23.4 Å². The number of aliphatic hydroxyl groups is 1. The molecule has 0 aliphatic carbocycles. The van der Waals surface area contributed by atoms with Gasteiger partial charge in [0.05, 0.1) is 25.1 Å². The minimum Gasteiger partial charge on any atom is -0.464 e. The minimum absolute atomic E-state index is 0.0824. The standard InChI is InChI=1S/C26H36FN6O7P/c1-24(2,3)14-37-23(35)25(4,5)32-41(36,40-16-10-8-7-9-11-16)38-13-18-19(34)26(6,27)20(39-18)17-12-29-22-21(28)30-15-31-33(17)22/h7-12,15,18-20,34H,13-14H2,1-6H3,(H,32,36)(H2,28,30,31)/t18-,19-,20+,26-,41?/m1/s1. The summed E-state index contributed by atoms with van der Waals surface area (Å²) in [5.41, 5.74) is 2.09. The van der Waals surface area contributed by atoms with Crippen LogP contribution < -0.4 is 15.3 Å². The summed E-state index contributed by atoms with van der Waals surface area (Å²) in [6.07, 6.45) is -1.80. The summed E-state index contributed by atoms with van der Waals surface area (Å²) in [4.78, 5) is 20.9. The van der Waals surface area contributed by atoms with Crippen molar-refractivity contribution in [2.75, 3.05) is 18.9 Å². The molecule has 1 fully saturated rings. The molecule has 0 saturated carbocycles. The Balaban J connectivity index is 1.55. The predicted molar refractivity (Wildman–Crippen MR) is 147 cm³/mol. The first kappa shape index (κ1) is 30.8. The summed E-state index contributed by atoms with van der Waals surface area (Å²) in [5.74, 6) is -0.416. The first-order valence-electron chi connectivity index (χ1n) is 12.9. The highest BCUT2D eigenvalue weighted by atomic mass is 31.2. The Hall–Kier alpha value is -3.16. The van der Waals surface area contributed by atoms with Gasteiger partial charge in [-0.3, -0.25) is 9.32 Å². The third-order valence-corrected chi connectivity index (χ3v) is 8.09. The molecule has 3 aromatic rings. The molecule has 0 spiro atoms. The summed E-state index contributed by atoms with van der Waals surface area (Å²) < 4.78 is 53.9. The number of rotatable bonds is 10. The Morgan fingerprint density at radius 2 is 1.93 bits per heavy atom. The van der Waals surface area contributed by atoms with Gasteiger partial charge in [-0.15, -0.1) is 0 Å². The topological polar surface area (TPSA) is 172 Å². The monoisotopic (exact) mass is 594 g/mol. The summed E-state index contributed by atoms with van der Waals surface area (Å²) in [7, 11) is -4.35. The summed E-state index contributed by atoms with van der Waals surface area (Å²) >= 11 is 0. The molecule has 224 valence electrons. The van der Waals surface area contributed by atoms with Crippen molar-refractivity contribution in [3.8, 4) is 5.75 Å². The Bertz CT molecular complexity index is 1430. The fourth-order valence-corrected chi connectivity index (χ4v) is 5.83. The number of nitrogens with two attached hydrogens (primary N) is 1. The average Bonchev–Trinajstić information content (AvgIpc) is 3.40. The number of nitrogens with zero attached hydrogens (tertiary/aromatic N) is 4. The van der Waals surface area contributed by atoms with Crippen LogP contribution in [0.2, 0.25) is 0 Å². The zero-order chi connectivity index (χ0) is 30.2. The number of carbonyl (C=O) groups is 1. The van der Waals surface area contributed by atoms with E-state index in [9.17, 15) is 14.5 Å². The average molecular weight is 595 g/mol. The number of hydrogen-bond acceptors (Lipinski definition) is 11. The van der Waals surface area contributed by atoms with Gasteiger partial charge < -0.3 is 24.8 Å². The Morgan fingerprint density at radius 3 is 2.59 bits per heavy atom. The number of aromatic nitrogens is 4. The van der Waals surface area contributed by atoms with Gasteiger partial charge in [0.15, 0.2) is 17.1 Å². The van der Waals surface area contributed by atoms with Crippen LogP contribution in [0.15, 0.2) is 42.9 Å². The predicted octanol–water partition coefficient (Wildman–Crippen LogP) is 3.40. The number of halogens is 1. The summed E-state index contributed by atoms with van der Waals surface area (Å²) in [6, 6.07) is 8.17. The van der Waals surface area contributed by atoms with Crippen molar-refractivity contribution >= 4 is 25.2 Å². The van der Waals surface area contributed by atoms with E-state index >= 15 is 4.39 Å². The van der Waals surface area contributed by atoms with E-state index in [0.29, 0.717) is 0 Å². The molecule has 4 N–H and O–H groups in total. The highest BCUT2D eigenvalue weighted by Crippen LogP contribution is 2.49. The molecular weight excluding hydrogens is 558 g/mol. The highest BCUT2D eigenvalue weighted by molar-refractivity contribution is 7.52. The molecule has 1 aromatic carbocycles. The first-order valence-corrected chi connectivity index (χ1v) is 14.5. The number of hydrogen-bond donors (Lipinski definition) is 3. The molecule has 1 aliphatic heterocycles. The van der Waals surface area contributed by atoms with Gasteiger partial charge in [0.2, 0.25) is 0 Å². The number of esters is 1.